The molecule has 0 aromatic heterocycles. The zero-order valence-corrected chi connectivity index (χ0v) is 15.3. The molecule has 2 fully saturated rings. The zero-order chi connectivity index (χ0) is 15.7. The van der Waals surface area contributed by atoms with E-state index in [2.05, 4.69) is 51.8 Å². The Labute approximate surface area is 133 Å². The van der Waals surface area contributed by atoms with Crippen LogP contribution in [0.1, 0.15) is 73.6 Å². The van der Waals surface area contributed by atoms with Crippen LogP contribution in [0.3, 0.4) is 0 Å². The molecule has 0 aromatic carbocycles. The first-order valence-electron chi connectivity index (χ1n) is 9.18. The summed E-state index contributed by atoms with van der Waals surface area (Å²) < 4.78 is 0. The molecule has 1 aliphatic heterocycles. The summed E-state index contributed by atoms with van der Waals surface area (Å²) in [6.45, 7) is 18.4. The van der Waals surface area contributed by atoms with Gasteiger partial charge in [-0.05, 0) is 61.9 Å². The highest BCUT2D eigenvalue weighted by Gasteiger charge is 2.40. The Morgan fingerprint density at radius 1 is 1.10 bits per heavy atom. The molecular weight excluding hydrogens is 256 g/mol. The van der Waals surface area contributed by atoms with Gasteiger partial charge in [-0.3, -0.25) is 4.90 Å². The van der Waals surface area contributed by atoms with Gasteiger partial charge in [0.15, 0.2) is 0 Å². The van der Waals surface area contributed by atoms with E-state index in [9.17, 15) is 0 Å². The van der Waals surface area contributed by atoms with Gasteiger partial charge in [-0.15, -0.1) is 0 Å². The lowest BCUT2D eigenvalue weighted by Crippen LogP contribution is -2.51. The molecule has 0 amide bonds. The molecule has 0 radical (unpaired) electrons. The fourth-order valence-corrected chi connectivity index (χ4v) is 5.07. The first kappa shape index (κ1) is 17.3. The molecule has 1 heterocycles. The van der Waals surface area contributed by atoms with Crippen LogP contribution in [0.5, 0.6) is 0 Å². The molecule has 2 heteroatoms. The van der Waals surface area contributed by atoms with E-state index in [1.807, 2.05) is 0 Å². The SMILES string of the molecule is CCC1CCN(C2CC(C)(C)CC(C)(C)C2)CC(C)CN1. The van der Waals surface area contributed by atoms with Crippen molar-refractivity contribution in [2.45, 2.75) is 85.7 Å². The van der Waals surface area contributed by atoms with Crippen LogP contribution in [0.25, 0.3) is 0 Å². The van der Waals surface area contributed by atoms with Gasteiger partial charge in [-0.1, -0.05) is 41.5 Å². The van der Waals surface area contributed by atoms with E-state index in [4.69, 9.17) is 0 Å². The van der Waals surface area contributed by atoms with Crippen LogP contribution in [-0.2, 0) is 0 Å². The molecular formula is C19H38N2. The number of hydrogen-bond acceptors (Lipinski definition) is 2. The predicted molar refractivity (Wildman–Crippen MR) is 92.6 cm³/mol. The van der Waals surface area contributed by atoms with Gasteiger partial charge in [-0.2, -0.15) is 0 Å². The molecule has 2 aliphatic rings. The molecule has 1 saturated carbocycles. The van der Waals surface area contributed by atoms with Crippen LogP contribution < -0.4 is 5.32 Å². The molecule has 0 spiro atoms. The minimum Gasteiger partial charge on any atom is -0.314 e. The summed E-state index contributed by atoms with van der Waals surface area (Å²) in [4.78, 5) is 2.84. The van der Waals surface area contributed by atoms with Crippen molar-refractivity contribution in [3.8, 4) is 0 Å². The largest absolute Gasteiger partial charge is 0.314 e. The summed E-state index contributed by atoms with van der Waals surface area (Å²) in [5.41, 5.74) is 1.00. The molecule has 124 valence electrons. The first-order chi connectivity index (χ1) is 9.71. The average Bonchev–Trinajstić information content (AvgIpc) is 2.30. The van der Waals surface area contributed by atoms with Gasteiger partial charge in [0.1, 0.15) is 0 Å². The second-order valence-electron chi connectivity index (χ2n) is 9.47. The molecule has 2 unspecified atom stereocenters. The normalized spacial score (nSPS) is 35.1. The quantitative estimate of drug-likeness (QED) is 0.817. The Morgan fingerprint density at radius 3 is 2.29 bits per heavy atom. The maximum Gasteiger partial charge on any atom is 0.0106 e. The monoisotopic (exact) mass is 294 g/mol. The minimum absolute atomic E-state index is 0.500. The van der Waals surface area contributed by atoms with Crippen molar-refractivity contribution in [1.82, 2.24) is 10.2 Å². The highest BCUT2D eigenvalue weighted by molar-refractivity contribution is 4.94. The Balaban J connectivity index is 2.07. The van der Waals surface area contributed by atoms with Crippen LogP contribution in [0.2, 0.25) is 0 Å². The van der Waals surface area contributed by atoms with E-state index in [-0.39, 0.29) is 0 Å². The number of nitrogens with one attached hydrogen (secondary N) is 1. The lowest BCUT2D eigenvalue weighted by Gasteiger charge is -2.49. The Hall–Kier alpha value is -0.0800. The van der Waals surface area contributed by atoms with E-state index in [1.54, 1.807) is 0 Å². The third-order valence-corrected chi connectivity index (χ3v) is 5.61. The third-order valence-electron chi connectivity index (χ3n) is 5.61. The number of rotatable bonds is 2. The van der Waals surface area contributed by atoms with E-state index < -0.39 is 0 Å². The van der Waals surface area contributed by atoms with Crippen molar-refractivity contribution >= 4 is 0 Å². The molecule has 21 heavy (non-hydrogen) atoms. The van der Waals surface area contributed by atoms with Gasteiger partial charge < -0.3 is 5.32 Å². The lowest BCUT2D eigenvalue weighted by atomic mass is 9.63. The molecule has 1 aliphatic carbocycles. The third kappa shape index (κ3) is 4.96. The molecule has 0 aromatic rings. The molecule has 2 nitrogen and oxygen atoms in total. The smallest absolute Gasteiger partial charge is 0.0106 e. The highest BCUT2D eigenvalue weighted by atomic mass is 15.2. The summed E-state index contributed by atoms with van der Waals surface area (Å²) in [5, 5.41) is 3.75. The number of hydrogen-bond donors (Lipinski definition) is 1. The van der Waals surface area contributed by atoms with Gasteiger partial charge in [0.05, 0.1) is 0 Å². The highest BCUT2D eigenvalue weighted by Crippen LogP contribution is 2.47. The van der Waals surface area contributed by atoms with Crippen molar-refractivity contribution in [2.75, 3.05) is 19.6 Å². The van der Waals surface area contributed by atoms with Crippen LogP contribution >= 0.6 is 0 Å². The maximum absolute atomic E-state index is 3.75. The second-order valence-corrected chi connectivity index (χ2v) is 9.47. The molecule has 1 N–H and O–H groups in total. The molecule has 2 atom stereocenters. The van der Waals surface area contributed by atoms with Crippen molar-refractivity contribution in [3.63, 3.8) is 0 Å². The maximum atomic E-state index is 3.75. The first-order valence-corrected chi connectivity index (χ1v) is 9.18. The van der Waals surface area contributed by atoms with Gasteiger partial charge in [0.2, 0.25) is 0 Å². The van der Waals surface area contributed by atoms with Crippen molar-refractivity contribution in [1.29, 1.82) is 0 Å². The molecule has 2 rings (SSSR count). The summed E-state index contributed by atoms with van der Waals surface area (Å²) in [5.74, 6) is 0.771. The topological polar surface area (TPSA) is 15.3 Å². The van der Waals surface area contributed by atoms with E-state index >= 15 is 0 Å². The van der Waals surface area contributed by atoms with Crippen molar-refractivity contribution in [2.24, 2.45) is 16.7 Å². The van der Waals surface area contributed by atoms with Crippen molar-refractivity contribution < 1.29 is 0 Å². The van der Waals surface area contributed by atoms with Crippen LogP contribution in [0.15, 0.2) is 0 Å². The van der Waals surface area contributed by atoms with E-state index in [0.717, 1.165) is 18.0 Å². The fraction of sp³-hybridized carbons (Fsp3) is 1.00. The summed E-state index contributed by atoms with van der Waals surface area (Å²) in [6.07, 6.45) is 6.72. The van der Waals surface area contributed by atoms with Crippen LogP contribution in [-0.4, -0.2) is 36.6 Å². The summed E-state index contributed by atoms with van der Waals surface area (Å²) >= 11 is 0. The average molecular weight is 295 g/mol. The van der Waals surface area contributed by atoms with E-state index in [1.165, 1.54) is 51.7 Å². The Bertz CT molecular complexity index is 318. The van der Waals surface area contributed by atoms with Gasteiger partial charge in [0, 0.05) is 18.6 Å². The van der Waals surface area contributed by atoms with E-state index in [0.29, 0.717) is 10.8 Å². The standard InChI is InChI=1S/C19H38N2/c1-7-16-8-9-21(13-15(2)12-20-16)17-10-18(3,4)14-19(5,6)11-17/h15-17,20H,7-14H2,1-6H3. The van der Waals surface area contributed by atoms with Crippen molar-refractivity contribution in [3.05, 3.63) is 0 Å². The Kier molecular flexibility index (Phi) is 5.41. The Morgan fingerprint density at radius 2 is 1.71 bits per heavy atom. The molecule has 1 saturated heterocycles. The fourth-order valence-electron chi connectivity index (χ4n) is 5.07. The second kappa shape index (κ2) is 6.58. The summed E-state index contributed by atoms with van der Waals surface area (Å²) in [7, 11) is 0. The van der Waals surface area contributed by atoms with Gasteiger partial charge in [0.25, 0.3) is 0 Å². The van der Waals surface area contributed by atoms with Crippen LogP contribution in [0, 0.1) is 16.7 Å². The lowest BCUT2D eigenvalue weighted by molar-refractivity contribution is 0.0137. The summed E-state index contributed by atoms with van der Waals surface area (Å²) in [6, 6.07) is 1.52. The van der Waals surface area contributed by atoms with Crippen LogP contribution in [0.4, 0.5) is 0 Å². The minimum atomic E-state index is 0.500. The molecule has 0 bridgehead atoms. The van der Waals surface area contributed by atoms with Gasteiger partial charge >= 0.3 is 0 Å². The number of nitrogens with zero attached hydrogens (tertiary/aromatic N) is 1. The van der Waals surface area contributed by atoms with Gasteiger partial charge in [-0.25, -0.2) is 0 Å². The predicted octanol–water partition coefficient (Wildman–Crippen LogP) is 4.30. The zero-order valence-electron chi connectivity index (χ0n) is 15.3.